The Morgan fingerprint density at radius 1 is 1.10 bits per heavy atom. The van der Waals surface area contributed by atoms with Gasteiger partial charge in [0.2, 0.25) is 0 Å². The van der Waals surface area contributed by atoms with Gasteiger partial charge >= 0.3 is 5.69 Å². The zero-order valence-electron chi connectivity index (χ0n) is 16.6. The summed E-state index contributed by atoms with van der Waals surface area (Å²) in [6.45, 7) is 2.36. The van der Waals surface area contributed by atoms with Crippen LogP contribution in [0.4, 0.5) is 0 Å². The van der Waals surface area contributed by atoms with Gasteiger partial charge in [0.15, 0.2) is 11.2 Å². The summed E-state index contributed by atoms with van der Waals surface area (Å²) in [5.41, 5.74) is 1.72. The zero-order valence-corrected chi connectivity index (χ0v) is 16.6. The summed E-state index contributed by atoms with van der Waals surface area (Å²) in [7, 11) is 1.53. The monoisotopic (exact) mass is 401 g/mol. The lowest BCUT2D eigenvalue weighted by Gasteiger charge is -2.14. The van der Waals surface area contributed by atoms with E-state index < -0.39 is 11.2 Å². The molecular weight excluding hydrogens is 382 g/mol. The van der Waals surface area contributed by atoms with E-state index in [1.54, 1.807) is 48.1 Å². The Morgan fingerprint density at radius 2 is 1.83 bits per heavy atom. The van der Waals surface area contributed by atoms with E-state index in [1.165, 1.54) is 16.2 Å². The number of ether oxygens (including phenoxy) is 1. The molecule has 4 aromatic rings. The molecule has 8 nitrogen and oxygen atoms in total. The Kier molecular flexibility index (Phi) is 4.94. The molecule has 0 N–H and O–H groups in total. The summed E-state index contributed by atoms with van der Waals surface area (Å²) in [4.78, 5) is 30.6. The second-order valence-electron chi connectivity index (χ2n) is 6.69. The van der Waals surface area contributed by atoms with Crippen LogP contribution in [0.5, 0.6) is 5.75 Å². The third-order valence-electron chi connectivity index (χ3n) is 4.98. The molecule has 2 aromatic heterocycles. The summed E-state index contributed by atoms with van der Waals surface area (Å²) >= 11 is 0. The summed E-state index contributed by atoms with van der Waals surface area (Å²) in [5, 5.41) is 8.98. The Morgan fingerprint density at radius 3 is 2.50 bits per heavy atom. The van der Waals surface area contributed by atoms with Crippen LogP contribution < -0.4 is 16.0 Å². The van der Waals surface area contributed by atoms with Crippen molar-refractivity contribution in [2.75, 3.05) is 7.11 Å². The van der Waals surface area contributed by atoms with Crippen LogP contribution in [0, 0.1) is 11.3 Å². The Balaban J connectivity index is 1.97. The van der Waals surface area contributed by atoms with E-state index in [0.29, 0.717) is 29.1 Å². The molecule has 0 atom stereocenters. The van der Waals surface area contributed by atoms with Gasteiger partial charge < -0.3 is 9.30 Å². The van der Waals surface area contributed by atoms with Gasteiger partial charge in [0.05, 0.1) is 30.8 Å². The van der Waals surface area contributed by atoms with Crippen LogP contribution in [0.1, 0.15) is 18.1 Å². The second-order valence-corrected chi connectivity index (χ2v) is 6.69. The number of methoxy groups -OCH3 is 1. The highest BCUT2D eigenvalue weighted by Crippen LogP contribution is 2.23. The summed E-state index contributed by atoms with van der Waals surface area (Å²) in [6.07, 6.45) is 1.55. The lowest BCUT2D eigenvalue weighted by Crippen LogP contribution is -2.39. The van der Waals surface area contributed by atoms with Gasteiger partial charge in [0.1, 0.15) is 5.75 Å². The van der Waals surface area contributed by atoms with Crippen molar-refractivity contribution in [1.29, 1.82) is 5.26 Å². The number of nitriles is 1. The SMILES string of the molecule is CCn1c(=O)c2c(ncn2Cc2ccc(C#N)cc2)n(-c2ccccc2OC)c1=O. The lowest BCUT2D eigenvalue weighted by molar-refractivity contribution is 0.412. The van der Waals surface area contributed by atoms with Crippen LogP contribution in [-0.4, -0.2) is 25.8 Å². The number of hydrogen-bond donors (Lipinski definition) is 0. The van der Waals surface area contributed by atoms with Crippen molar-refractivity contribution >= 4 is 11.2 Å². The summed E-state index contributed by atoms with van der Waals surface area (Å²) in [5.74, 6) is 0.504. The topological polar surface area (TPSA) is 94.8 Å². The number of fused-ring (bicyclic) bond motifs is 1. The van der Waals surface area contributed by atoms with E-state index in [4.69, 9.17) is 10.00 Å². The van der Waals surface area contributed by atoms with E-state index >= 15 is 0 Å². The molecule has 4 rings (SSSR count). The molecule has 0 spiro atoms. The molecule has 8 heteroatoms. The van der Waals surface area contributed by atoms with Crippen molar-refractivity contribution < 1.29 is 4.74 Å². The number of benzene rings is 2. The highest BCUT2D eigenvalue weighted by Gasteiger charge is 2.20. The molecule has 0 amide bonds. The van der Waals surface area contributed by atoms with Gasteiger partial charge in [-0.25, -0.2) is 14.3 Å². The smallest absolute Gasteiger partial charge is 0.337 e. The molecule has 0 aliphatic carbocycles. The molecule has 2 aromatic carbocycles. The molecule has 2 heterocycles. The fourth-order valence-electron chi connectivity index (χ4n) is 3.49. The van der Waals surface area contributed by atoms with E-state index in [9.17, 15) is 9.59 Å². The third-order valence-corrected chi connectivity index (χ3v) is 4.98. The van der Waals surface area contributed by atoms with E-state index in [0.717, 1.165) is 5.56 Å². The molecule has 0 saturated carbocycles. The Labute approximate surface area is 171 Å². The molecule has 0 radical (unpaired) electrons. The normalized spacial score (nSPS) is 10.8. The van der Waals surface area contributed by atoms with Crippen molar-refractivity contribution in [3.8, 4) is 17.5 Å². The van der Waals surface area contributed by atoms with E-state index in [2.05, 4.69) is 11.1 Å². The maximum Gasteiger partial charge on any atom is 0.337 e. The quantitative estimate of drug-likeness (QED) is 0.511. The van der Waals surface area contributed by atoms with Gasteiger partial charge in [-0.15, -0.1) is 0 Å². The highest BCUT2D eigenvalue weighted by molar-refractivity contribution is 5.73. The minimum atomic E-state index is -0.469. The van der Waals surface area contributed by atoms with Crippen molar-refractivity contribution in [2.24, 2.45) is 0 Å². The minimum Gasteiger partial charge on any atom is -0.495 e. The number of imidazole rings is 1. The van der Waals surface area contributed by atoms with Crippen LogP contribution >= 0.6 is 0 Å². The van der Waals surface area contributed by atoms with Crippen molar-refractivity contribution in [2.45, 2.75) is 20.0 Å². The van der Waals surface area contributed by atoms with Gasteiger partial charge in [0.25, 0.3) is 5.56 Å². The van der Waals surface area contributed by atoms with E-state index in [-0.39, 0.29) is 12.2 Å². The van der Waals surface area contributed by atoms with Crippen LogP contribution in [0.3, 0.4) is 0 Å². The number of aromatic nitrogens is 4. The van der Waals surface area contributed by atoms with Crippen molar-refractivity contribution in [3.05, 3.63) is 86.8 Å². The second kappa shape index (κ2) is 7.72. The average molecular weight is 401 g/mol. The molecular formula is C22H19N5O3. The van der Waals surface area contributed by atoms with Crippen LogP contribution in [0.25, 0.3) is 16.9 Å². The van der Waals surface area contributed by atoms with Gasteiger partial charge in [-0.3, -0.25) is 9.36 Å². The first-order chi connectivity index (χ1) is 14.6. The number of rotatable bonds is 5. The van der Waals surface area contributed by atoms with Gasteiger partial charge in [-0.1, -0.05) is 24.3 Å². The molecule has 0 saturated heterocycles. The van der Waals surface area contributed by atoms with Crippen LogP contribution in [0.2, 0.25) is 0 Å². The molecule has 0 fully saturated rings. The standard InChI is InChI=1S/C22H19N5O3/c1-3-26-21(28)19-20(27(22(26)29)17-6-4-5-7-18(17)30-2)24-14-25(19)13-16-10-8-15(12-23)9-11-16/h4-11,14H,3,13H2,1-2H3. The van der Waals surface area contributed by atoms with Crippen molar-refractivity contribution in [1.82, 2.24) is 18.7 Å². The van der Waals surface area contributed by atoms with E-state index in [1.807, 2.05) is 18.2 Å². The average Bonchev–Trinajstić information content (AvgIpc) is 3.18. The summed E-state index contributed by atoms with van der Waals surface area (Å²) in [6, 6.07) is 16.3. The first-order valence-electron chi connectivity index (χ1n) is 9.42. The van der Waals surface area contributed by atoms with Crippen LogP contribution in [-0.2, 0) is 13.1 Å². The molecule has 150 valence electrons. The Hall–Kier alpha value is -4.12. The third kappa shape index (κ3) is 3.06. The molecule has 30 heavy (non-hydrogen) atoms. The predicted octanol–water partition coefficient (Wildman–Crippen LogP) is 2.30. The molecule has 0 unspecified atom stereocenters. The maximum absolute atomic E-state index is 13.1. The first-order valence-corrected chi connectivity index (χ1v) is 9.42. The molecule has 0 aliphatic heterocycles. The summed E-state index contributed by atoms with van der Waals surface area (Å²) < 4.78 is 9.74. The fourth-order valence-corrected chi connectivity index (χ4v) is 3.49. The largest absolute Gasteiger partial charge is 0.495 e. The van der Waals surface area contributed by atoms with Crippen molar-refractivity contribution in [3.63, 3.8) is 0 Å². The minimum absolute atomic E-state index is 0.227. The fraction of sp³-hybridized carbons (Fsp3) is 0.182. The highest BCUT2D eigenvalue weighted by atomic mass is 16.5. The first kappa shape index (κ1) is 19.2. The van der Waals surface area contributed by atoms with Gasteiger partial charge in [-0.05, 0) is 36.8 Å². The molecule has 0 bridgehead atoms. The van der Waals surface area contributed by atoms with Crippen LogP contribution in [0.15, 0.2) is 64.4 Å². The Bertz CT molecular complexity index is 1390. The zero-order chi connectivity index (χ0) is 21.3. The lowest BCUT2D eigenvalue weighted by atomic mass is 10.1. The van der Waals surface area contributed by atoms with Gasteiger partial charge in [0, 0.05) is 13.1 Å². The number of para-hydroxylation sites is 2. The number of hydrogen-bond acceptors (Lipinski definition) is 5. The predicted molar refractivity (Wildman–Crippen MR) is 112 cm³/mol. The molecule has 0 aliphatic rings. The number of nitrogens with zero attached hydrogens (tertiary/aromatic N) is 5. The maximum atomic E-state index is 13.1. The van der Waals surface area contributed by atoms with Gasteiger partial charge in [-0.2, -0.15) is 5.26 Å².